The molecule has 1 aromatic carbocycles. The van der Waals surface area contributed by atoms with Crippen LogP contribution in [0.5, 0.6) is 0 Å². The molecular weight excluding hydrogens is 162 g/mol. The quantitative estimate of drug-likeness (QED) is 0.659. The maximum Gasteiger partial charge on any atom is 0.149 e. The van der Waals surface area contributed by atoms with Crippen molar-refractivity contribution < 1.29 is 4.79 Å². The van der Waals surface area contributed by atoms with Crippen molar-refractivity contribution in [3.63, 3.8) is 0 Å². The molecule has 2 nitrogen and oxygen atoms in total. The van der Waals surface area contributed by atoms with Crippen LogP contribution in [-0.4, -0.2) is 11.8 Å². The second-order valence-electron chi connectivity index (χ2n) is 3.45. The lowest BCUT2D eigenvalue weighted by molar-refractivity contribution is -0.109. The molecule has 0 radical (unpaired) electrons. The first kappa shape index (κ1) is 8.05. The van der Waals surface area contributed by atoms with Crippen molar-refractivity contribution in [3.05, 3.63) is 35.9 Å². The highest BCUT2D eigenvalue weighted by molar-refractivity contribution is 5.83. The molecule has 66 valence electrons. The van der Waals surface area contributed by atoms with Crippen LogP contribution in [0, 0.1) is 0 Å². The lowest BCUT2D eigenvalue weighted by Crippen LogP contribution is -2.35. The SMILES string of the molecule is CC1(C=O)C=Cc2ccccc2N1. The molecule has 1 aromatic rings. The van der Waals surface area contributed by atoms with Gasteiger partial charge in [0.1, 0.15) is 11.8 Å². The summed E-state index contributed by atoms with van der Waals surface area (Å²) in [5, 5.41) is 3.17. The van der Waals surface area contributed by atoms with Gasteiger partial charge in [-0.25, -0.2) is 0 Å². The molecule has 0 bridgehead atoms. The number of anilines is 1. The van der Waals surface area contributed by atoms with Crippen molar-refractivity contribution in [1.82, 2.24) is 0 Å². The molecule has 13 heavy (non-hydrogen) atoms. The van der Waals surface area contributed by atoms with E-state index in [0.717, 1.165) is 17.5 Å². The lowest BCUT2D eigenvalue weighted by atomic mass is 9.96. The second-order valence-corrected chi connectivity index (χ2v) is 3.45. The summed E-state index contributed by atoms with van der Waals surface area (Å²) < 4.78 is 0. The van der Waals surface area contributed by atoms with Gasteiger partial charge < -0.3 is 10.1 Å². The molecule has 1 N–H and O–H groups in total. The van der Waals surface area contributed by atoms with Crippen LogP contribution in [0.15, 0.2) is 30.3 Å². The molecule has 0 aliphatic carbocycles. The third-order valence-corrected chi connectivity index (χ3v) is 2.22. The number of fused-ring (bicyclic) bond motifs is 1. The van der Waals surface area contributed by atoms with E-state index in [2.05, 4.69) is 5.32 Å². The van der Waals surface area contributed by atoms with Gasteiger partial charge in [0.05, 0.1) is 0 Å². The van der Waals surface area contributed by atoms with Crippen LogP contribution in [0.3, 0.4) is 0 Å². The Morgan fingerprint density at radius 3 is 2.92 bits per heavy atom. The summed E-state index contributed by atoms with van der Waals surface area (Å²) in [5.41, 5.74) is 1.59. The normalized spacial score (nSPS) is 24.7. The molecular formula is C11H11NO. The van der Waals surface area contributed by atoms with Crippen LogP contribution in [0.25, 0.3) is 6.08 Å². The molecule has 0 saturated heterocycles. The van der Waals surface area contributed by atoms with Gasteiger partial charge in [0.15, 0.2) is 0 Å². The molecule has 2 rings (SSSR count). The highest BCUT2D eigenvalue weighted by Gasteiger charge is 2.23. The van der Waals surface area contributed by atoms with E-state index in [0.29, 0.717) is 0 Å². The number of carbonyl (C=O) groups is 1. The van der Waals surface area contributed by atoms with Crippen LogP contribution < -0.4 is 5.32 Å². The lowest BCUT2D eigenvalue weighted by Gasteiger charge is -2.27. The monoisotopic (exact) mass is 173 g/mol. The van der Waals surface area contributed by atoms with Gasteiger partial charge in [0, 0.05) is 5.69 Å². The zero-order valence-electron chi connectivity index (χ0n) is 7.45. The van der Waals surface area contributed by atoms with Crippen LogP contribution >= 0.6 is 0 Å². The number of hydrogen-bond acceptors (Lipinski definition) is 2. The van der Waals surface area contributed by atoms with Crippen LogP contribution in [-0.2, 0) is 4.79 Å². The fourth-order valence-corrected chi connectivity index (χ4v) is 1.42. The summed E-state index contributed by atoms with van der Waals surface area (Å²) in [6.07, 6.45) is 4.77. The van der Waals surface area contributed by atoms with Gasteiger partial charge >= 0.3 is 0 Å². The third-order valence-electron chi connectivity index (χ3n) is 2.22. The van der Waals surface area contributed by atoms with Crippen molar-refractivity contribution in [3.8, 4) is 0 Å². The Balaban J connectivity index is 2.44. The standard InChI is InChI=1S/C11H11NO/c1-11(8-13)7-6-9-4-2-3-5-10(9)12-11/h2-8,12H,1H3. The van der Waals surface area contributed by atoms with Crippen LogP contribution in [0.2, 0.25) is 0 Å². The van der Waals surface area contributed by atoms with E-state index in [-0.39, 0.29) is 0 Å². The Kier molecular flexibility index (Phi) is 1.69. The van der Waals surface area contributed by atoms with Gasteiger partial charge in [-0.3, -0.25) is 0 Å². The first-order valence-corrected chi connectivity index (χ1v) is 4.26. The minimum Gasteiger partial charge on any atom is -0.370 e. The van der Waals surface area contributed by atoms with E-state index < -0.39 is 5.54 Å². The van der Waals surface area contributed by atoms with Crippen molar-refractivity contribution in [2.45, 2.75) is 12.5 Å². The van der Waals surface area contributed by atoms with Crippen molar-refractivity contribution in [2.24, 2.45) is 0 Å². The number of hydrogen-bond donors (Lipinski definition) is 1. The molecule has 1 atom stereocenters. The molecule has 0 aromatic heterocycles. The molecule has 1 unspecified atom stereocenters. The first-order chi connectivity index (χ1) is 6.23. The number of aldehydes is 1. The fourth-order valence-electron chi connectivity index (χ4n) is 1.42. The number of benzene rings is 1. The minimum absolute atomic E-state index is 0.547. The van der Waals surface area contributed by atoms with E-state index >= 15 is 0 Å². The van der Waals surface area contributed by atoms with Gasteiger partial charge in [0.2, 0.25) is 0 Å². The van der Waals surface area contributed by atoms with Gasteiger partial charge in [-0.1, -0.05) is 30.4 Å². The predicted octanol–water partition coefficient (Wildman–Crippen LogP) is 2.08. The second kappa shape index (κ2) is 2.73. The molecule has 1 heterocycles. The smallest absolute Gasteiger partial charge is 0.149 e. The summed E-state index contributed by atoms with van der Waals surface area (Å²) in [6, 6.07) is 7.93. The zero-order valence-corrected chi connectivity index (χ0v) is 7.45. The Hall–Kier alpha value is -1.57. The van der Waals surface area contributed by atoms with E-state index in [1.807, 2.05) is 43.3 Å². The molecule has 0 saturated carbocycles. The van der Waals surface area contributed by atoms with Gasteiger partial charge in [-0.05, 0) is 18.6 Å². The highest BCUT2D eigenvalue weighted by atomic mass is 16.1. The van der Waals surface area contributed by atoms with Crippen LogP contribution in [0.4, 0.5) is 5.69 Å². The van der Waals surface area contributed by atoms with Gasteiger partial charge in [0.25, 0.3) is 0 Å². The highest BCUT2D eigenvalue weighted by Crippen LogP contribution is 2.26. The van der Waals surface area contributed by atoms with Crippen molar-refractivity contribution in [2.75, 3.05) is 5.32 Å². The average Bonchev–Trinajstić information content (AvgIpc) is 2.18. The summed E-state index contributed by atoms with van der Waals surface area (Å²) in [5.74, 6) is 0. The molecule has 2 heteroatoms. The largest absolute Gasteiger partial charge is 0.370 e. The Morgan fingerprint density at radius 1 is 1.38 bits per heavy atom. The number of nitrogens with one attached hydrogen (secondary N) is 1. The van der Waals surface area contributed by atoms with E-state index in [9.17, 15) is 4.79 Å². The fraction of sp³-hybridized carbons (Fsp3) is 0.182. The number of rotatable bonds is 1. The summed E-state index contributed by atoms with van der Waals surface area (Å²) >= 11 is 0. The van der Waals surface area contributed by atoms with Gasteiger partial charge in [-0.2, -0.15) is 0 Å². The van der Waals surface area contributed by atoms with Crippen molar-refractivity contribution in [1.29, 1.82) is 0 Å². The molecule has 1 aliphatic rings. The van der Waals surface area contributed by atoms with E-state index in [1.165, 1.54) is 0 Å². The summed E-state index contributed by atoms with van der Waals surface area (Å²) in [7, 11) is 0. The number of carbonyl (C=O) groups excluding carboxylic acids is 1. The maximum atomic E-state index is 10.8. The summed E-state index contributed by atoms with van der Waals surface area (Å²) in [6.45, 7) is 1.85. The Bertz CT molecular complexity index is 370. The predicted molar refractivity (Wildman–Crippen MR) is 53.6 cm³/mol. The molecule has 1 aliphatic heterocycles. The number of para-hydroxylation sites is 1. The van der Waals surface area contributed by atoms with Crippen molar-refractivity contribution >= 4 is 18.0 Å². The molecule has 0 spiro atoms. The molecule has 0 fully saturated rings. The first-order valence-electron chi connectivity index (χ1n) is 4.26. The average molecular weight is 173 g/mol. The van der Waals surface area contributed by atoms with E-state index in [1.54, 1.807) is 0 Å². The minimum atomic E-state index is -0.547. The van der Waals surface area contributed by atoms with Gasteiger partial charge in [-0.15, -0.1) is 0 Å². The van der Waals surface area contributed by atoms with Crippen LogP contribution in [0.1, 0.15) is 12.5 Å². The topological polar surface area (TPSA) is 29.1 Å². The third kappa shape index (κ3) is 1.35. The maximum absolute atomic E-state index is 10.8. The Labute approximate surface area is 77.3 Å². The zero-order chi connectivity index (χ0) is 9.31. The molecule has 0 amide bonds. The Morgan fingerprint density at radius 2 is 2.15 bits per heavy atom. The van der Waals surface area contributed by atoms with E-state index in [4.69, 9.17) is 0 Å². The summed E-state index contributed by atoms with van der Waals surface area (Å²) in [4.78, 5) is 10.8.